The van der Waals surface area contributed by atoms with Gasteiger partial charge in [0.15, 0.2) is 6.73 Å². The number of aliphatic hydroxyl groups excluding tert-OH is 2. The zero-order chi connectivity index (χ0) is 29.9. The molecule has 14 nitrogen and oxygen atoms in total. The highest BCUT2D eigenvalue weighted by Gasteiger charge is 2.52. The summed E-state index contributed by atoms with van der Waals surface area (Å²) in [6.07, 6.45) is -4.63. The van der Waals surface area contributed by atoms with Gasteiger partial charge in [-0.25, -0.2) is 19.0 Å². The molecule has 0 unspecified atom stereocenters. The van der Waals surface area contributed by atoms with Gasteiger partial charge in [-0.3, -0.25) is 14.2 Å². The Morgan fingerprint density at radius 3 is 2.31 bits per heavy atom. The molecule has 1 aliphatic heterocycles. The molecule has 1 aromatic rings. The van der Waals surface area contributed by atoms with Crippen LogP contribution in [0.15, 0.2) is 15.8 Å². The zero-order valence-electron chi connectivity index (χ0n) is 22.9. The number of alkyl carbamates (subject to hydrolysis) is 1. The number of carbonyl (C=O) groups is 3. The first kappa shape index (κ1) is 31.9. The number of carbonyl (C=O) groups excluding carboxylic acids is 3. The van der Waals surface area contributed by atoms with Crippen molar-refractivity contribution in [2.45, 2.75) is 97.1 Å². The van der Waals surface area contributed by atoms with Crippen molar-refractivity contribution in [2.75, 3.05) is 6.61 Å². The number of aliphatic hydroxyl groups is 2. The lowest BCUT2D eigenvalue weighted by Crippen LogP contribution is -2.64. The minimum Gasteiger partial charge on any atom is -0.444 e. The molecule has 1 saturated heterocycles. The van der Waals surface area contributed by atoms with E-state index < -0.39 is 83.4 Å². The number of nitrogens with two attached hydrogens (primary N) is 1. The number of aromatic nitrogens is 2. The molecule has 15 heteroatoms. The fourth-order valence-electron chi connectivity index (χ4n) is 4.08. The van der Waals surface area contributed by atoms with Crippen molar-refractivity contribution in [2.24, 2.45) is 11.1 Å². The number of amides is 2. The van der Waals surface area contributed by atoms with Crippen molar-refractivity contribution in [1.29, 1.82) is 0 Å². The Morgan fingerprint density at radius 2 is 1.82 bits per heavy atom. The van der Waals surface area contributed by atoms with Gasteiger partial charge in [0.25, 0.3) is 5.56 Å². The van der Waals surface area contributed by atoms with Crippen LogP contribution in [0.1, 0.15) is 67.0 Å². The molecule has 0 spiro atoms. The number of hydrogen-bond donors (Lipinski definition) is 4. The Morgan fingerprint density at radius 1 is 1.21 bits per heavy atom. The maximum absolute atomic E-state index is 14.5. The van der Waals surface area contributed by atoms with Crippen LogP contribution >= 0.6 is 0 Å². The highest BCUT2D eigenvalue weighted by molar-refractivity contribution is 5.87. The molecule has 220 valence electrons. The van der Waals surface area contributed by atoms with Crippen LogP contribution in [0.3, 0.4) is 0 Å². The van der Waals surface area contributed by atoms with Crippen molar-refractivity contribution >= 4 is 18.0 Å². The Balaban J connectivity index is 2.45. The SMILES string of the molecule is CC(C)(C)OC(=O)N[C@@](CCC(N)=O)(C(=O)OCn1c(=O)c(F)cn([C@H]2C[C@H](O)[C@@H](CO)O2)c1=O)C(C)(C)C. The minimum absolute atomic E-state index is 0.178. The molecular formula is C24H37FN4O10. The normalized spacial score (nSPS) is 21.2. The standard InChI is InChI=1S/C24H37FN4O10/c1-22(2,3)24(8-7-16(26)32,27-20(35)39-23(4,5)6)19(34)37-12-29-18(33)13(25)10-28(21(29)36)17-9-14(31)15(11-30)38-17/h10,14-15,17,30-31H,7-9,11-12H2,1-6H3,(H2,26,32)(H,27,35)/t14-,15+,17+,24-/m0/s1. The highest BCUT2D eigenvalue weighted by atomic mass is 19.1. The molecule has 0 radical (unpaired) electrons. The van der Waals surface area contributed by atoms with Crippen LogP contribution in [-0.2, 0) is 30.5 Å². The van der Waals surface area contributed by atoms with Crippen molar-refractivity contribution in [3.8, 4) is 0 Å². The van der Waals surface area contributed by atoms with Crippen LogP contribution < -0.4 is 22.3 Å². The fraction of sp³-hybridized carbons (Fsp3) is 0.708. The number of ether oxygens (including phenoxy) is 3. The molecule has 0 saturated carbocycles. The Labute approximate surface area is 223 Å². The molecule has 0 aliphatic carbocycles. The van der Waals surface area contributed by atoms with Gasteiger partial charge in [0, 0.05) is 12.8 Å². The quantitative estimate of drug-likeness (QED) is 0.295. The number of rotatable bonds is 9. The Hall–Kier alpha value is -3.30. The number of nitrogens with one attached hydrogen (secondary N) is 1. The molecular weight excluding hydrogens is 523 g/mol. The summed E-state index contributed by atoms with van der Waals surface area (Å²) in [5.74, 6) is -3.29. The molecule has 4 atom stereocenters. The van der Waals surface area contributed by atoms with Gasteiger partial charge >= 0.3 is 17.8 Å². The lowest BCUT2D eigenvalue weighted by atomic mass is 9.70. The van der Waals surface area contributed by atoms with Crippen molar-refractivity contribution in [3.63, 3.8) is 0 Å². The van der Waals surface area contributed by atoms with Gasteiger partial charge in [-0.05, 0) is 32.6 Å². The van der Waals surface area contributed by atoms with E-state index in [0.717, 1.165) is 0 Å². The van der Waals surface area contributed by atoms with Crippen molar-refractivity contribution < 1.29 is 43.2 Å². The van der Waals surface area contributed by atoms with E-state index in [1.54, 1.807) is 41.5 Å². The summed E-state index contributed by atoms with van der Waals surface area (Å²) in [5.41, 5.74) is -1.21. The third-order valence-electron chi connectivity index (χ3n) is 6.26. The largest absolute Gasteiger partial charge is 0.444 e. The van der Waals surface area contributed by atoms with Crippen LogP contribution in [-0.4, -0.2) is 67.3 Å². The number of esters is 1. The monoisotopic (exact) mass is 560 g/mol. The molecule has 2 rings (SSSR count). The molecule has 39 heavy (non-hydrogen) atoms. The third kappa shape index (κ3) is 7.42. The van der Waals surface area contributed by atoms with Crippen LogP contribution in [0.5, 0.6) is 0 Å². The summed E-state index contributed by atoms with van der Waals surface area (Å²) in [6, 6.07) is 0. The van der Waals surface area contributed by atoms with E-state index in [0.29, 0.717) is 15.3 Å². The van der Waals surface area contributed by atoms with E-state index in [1.807, 2.05) is 0 Å². The van der Waals surface area contributed by atoms with Crippen molar-refractivity contribution in [1.82, 2.24) is 14.5 Å². The third-order valence-corrected chi connectivity index (χ3v) is 6.26. The van der Waals surface area contributed by atoms with Gasteiger partial charge in [0.2, 0.25) is 11.7 Å². The van der Waals surface area contributed by atoms with Gasteiger partial charge in [-0.2, -0.15) is 4.39 Å². The van der Waals surface area contributed by atoms with Crippen LogP contribution in [0.2, 0.25) is 0 Å². The molecule has 0 aromatic carbocycles. The van der Waals surface area contributed by atoms with Gasteiger partial charge < -0.3 is 35.5 Å². The lowest BCUT2D eigenvalue weighted by Gasteiger charge is -2.43. The summed E-state index contributed by atoms with van der Waals surface area (Å²) >= 11 is 0. The average Bonchev–Trinajstić information content (AvgIpc) is 3.16. The van der Waals surface area contributed by atoms with Crippen LogP contribution in [0, 0.1) is 11.2 Å². The predicted octanol–water partition coefficient (Wildman–Crippen LogP) is -0.134. The first-order valence-corrected chi connectivity index (χ1v) is 12.3. The molecule has 0 bridgehead atoms. The van der Waals surface area contributed by atoms with E-state index in [4.69, 9.17) is 19.9 Å². The van der Waals surface area contributed by atoms with Crippen molar-refractivity contribution in [3.05, 3.63) is 32.9 Å². The summed E-state index contributed by atoms with van der Waals surface area (Å²) in [5, 5.41) is 21.7. The van der Waals surface area contributed by atoms with E-state index >= 15 is 0 Å². The zero-order valence-corrected chi connectivity index (χ0v) is 22.9. The van der Waals surface area contributed by atoms with Crippen LogP contribution in [0.4, 0.5) is 9.18 Å². The molecule has 1 aromatic heterocycles. The molecule has 1 fully saturated rings. The topological polar surface area (TPSA) is 201 Å². The van der Waals surface area contributed by atoms with Gasteiger partial charge in [0.05, 0.1) is 18.9 Å². The van der Waals surface area contributed by atoms with E-state index in [1.165, 1.54) is 0 Å². The van der Waals surface area contributed by atoms with Gasteiger partial charge in [0.1, 0.15) is 23.5 Å². The van der Waals surface area contributed by atoms with E-state index in [2.05, 4.69) is 5.32 Å². The number of nitrogens with zero attached hydrogens (tertiary/aromatic N) is 2. The summed E-state index contributed by atoms with van der Waals surface area (Å²) in [7, 11) is 0. The van der Waals surface area contributed by atoms with Crippen LogP contribution in [0.25, 0.3) is 0 Å². The molecule has 1 aliphatic rings. The first-order valence-electron chi connectivity index (χ1n) is 12.3. The fourth-order valence-corrected chi connectivity index (χ4v) is 4.08. The molecule has 2 amide bonds. The summed E-state index contributed by atoms with van der Waals surface area (Å²) in [6.45, 7) is 7.92. The maximum Gasteiger partial charge on any atom is 0.408 e. The number of hydrogen-bond acceptors (Lipinski definition) is 10. The summed E-state index contributed by atoms with van der Waals surface area (Å²) < 4.78 is 31.4. The predicted molar refractivity (Wildman–Crippen MR) is 133 cm³/mol. The second-order valence-corrected chi connectivity index (χ2v) is 11.3. The van der Waals surface area contributed by atoms with E-state index in [9.17, 15) is 38.6 Å². The second-order valence-electron chi connectivity index (χ2n) is 11.3. The number of primary amides is 1. The number of halogens is 1. The molecule has 5 N–H and O–H groups in total. The maximum atomic E-state index is 14.5. The Kier molecular flexibility index (Phi) is 9.69. The minimum atomic E-state index is -1.92. The van der Waals surface area contributed by atoms with Gasteiger partial charge in [-0.15, -0.1) is 0 Å². The summed E-state index contributed by atoms with van der Waals surface area (Å²) in [4.78, 5) is 63.3. The Bertz CT molecular complexity index is 1200. The van der Waals surface area contributed by atoms with E-state index in [-0.39, 0.29) is 19.3 Å². The smallest absolute Gasteiger partial charge is 0.408 e. The second kappa shape index (κ2) is 11.8. The first-order chi connectivity index (χ1) is 17.8. The van der Waals surface area contributed by atoms with Gasteiger partial charge in [-0.1, -0.05) is 20.8 Å². The lowest BCUT2D eigenvalue weighted by molar-refractivity contribution is -0.162. The highest BCUT2D eigenvalue weighted by Crippen LogP contribution is 2.36. The molecule has 2 heterocycles. The average molecular weight is 561 g/mol.